The Morgan fingerprint density at radius 2 is 1.92 bits per heavy atom. The van der Waals surface area contributed by atoms with Crippen LogP contribution in [0, 0.1) is 5.82 Å². The Bertz CT molecular complexity index is 684. The zero-order chi connectivity index (χ0) is 17.6. The lowest BCUT2D eigenvalue weighted by molar-refractivity contribution is -0.127. The largest absolute Gasteiger partial charge is 0.350 e. The van der Waals surface area contributed by atoms with Gasteiger partial charge in [0.15, 0.2) is 0 Å². The maximum absolute atomic E-state index is 13.0. The van der Waals surface area contributed by atoms with Crippen molar-refractivity contribution in [3.05, 3.63) is 65.7 Å². The Labute approximate surface area is 147 Å². The van der Waals surface area contributed by atoms with Crippen LogP contribution in [0.3, 0.4) is 0 Å². The van der Waals surface area contributed by atoms with Crippen LogP contribution >= 0.6 is 0 Å². The van der Waals surface area contributed by atoms with Crippen molar-refractivity contribution in [1.82, 2.24) is 20.1 Å². The highest BCUT2D eigenvalue weighted by Crippen LogP contribution is 2.22. The molecule has 1 unspecified atom stereocenters. The molecular formula is C19H23FN4O. The third-order valence-electron chi connectivity index (χ3n) is 4.53. The molecule has 0 saturated carbocycles. The fourth-order valence-corrected chi connectivity index (χ4v) is 3.03. The number of aromatic nitrogens is 1. The number of likely N-dealkylation sites (N-methyl/N-ethyl adjacent to an activating group) is 1. The van der Waals surface area contributed by atoms with E-state index in [-0.39, 0.29) is 17.8 Å². The first-order valence-corrected chi connectivity index (χ1v) is 8.48. The molecule has 0 spiro atoms. The molecule has 1 N–H and O–H groups in total. The molecular weight excluding hydrogens is 319 g/mol. The predicted octanol–water partition coefficient (Wildman–Crippen LogP) is 1.83. The number of carbonyl (C=O) groups excluding carboxylic acids is 1. The van der Waals surface area contributed by atoms with Crippen molar-refractivity contribution in [2.45, 2.75) is 12.6 Å². The van der Waals surface area contributed by atoms with E-state index >= 15 is 0 Å². The number of hydrogen-bond acceptors (Lipinski definition) is 4. The molecule has 1 aromatic carbocycles. The molecule has 1 fully saturated rings. The van der Waals surface area contributed by atoms with Gasteiger partial charge in [-0.2, -0.15) is 0 Å². The molecule has 25 heavy (non-hydrogen) atoms. The van der Waals surface area contributed by atoms with Crippen molar-refractivity contribution in [2.75, 3.05) is 33.2 Å². The number of nitrogens with one attached hydrogen (secondary N) is 1. The Kier molecular flexibility index (Phi) is 5.73. The molecule has 0 bridgehead atoms. The average Bonchev–Trinajstić information content (AvgIpc) is 2.64. The molecule has 1 aliphatic heterocycles. The molecule has 1 atom stereocenters. The van der Waals surface area contributed by atoms with Gasteiger partial charge in [0.1, 0.15) is 11.9 Å². The average molecular weight is 342 g/mol. The van der Waals surface area contributed by atoms with Crippen LogP contribution in [0.1, 0.15) is 17.2 Å². The molecule has 1 aliphatic rings. The summed E-state index contributed by atoms with van der Waals surface area (Å²) in [5.74, 6) is -0.331. The number of halogens is 1. The lowest BCUT2D eigenvalue weighted by atomic mass is 10.1. The van der Waals surface area contributed by atoms with Crippen LogP contribution in [-0.4, -0.2) is 53.9 Å². The molecule has 3 rings (SSSR count). The molecule has 1 saturated heterocycles. The van der Waals surface area contributed by atoms with Crippen molar-refractivity contribution in [2.24, 2.45) is 0 Å². The highest BCUT2D eigenvalue weighted by molar-refractivity contribution is 5.83. The van der Waals surface area contributed by atoms with Gasteiger partial charge in [0.25, 0.3) is 0 Å². The predicted molar refractivity (Wildman–Crippen MR) is 94.3 cm³/mol. The zero-order valence-corrected chi connectivity index (χ0v) is 14.4. The van der Waals surface area contributed by atoms with Gasteiger partial charge in [0.2, 0.25) is 5.91 Å². The molecule has 0 radical (unpaired) electrons. The van der Waals surface area contributed by atoms with E-state index in [4.69, 9.17) is 0 Å². The number of benzene rings is 1. The first-order chi connectivity index (χ1) is 12.1. The molecule has 1 aromatic heterocycles. The van der Waals surface area contributed by atoms with Crippen LogP contribution < -0.4 is 5.32 Å². The van der Waals surface area contributed by atoms with E-state index in [1.807, 2.05) is 12.1 Å². The van der Waals surface area contributed by atoms with Gasteiger partial charge in [0, 0.05) is 45.1 Å². The zero-order valence-electron chi connectivity index (χ0n) is 14.4. The topological polar surface area (TPSA) is 48.5 Å². The van der Waals surface area contributed by atoms with E-state index in [2.05, 4.69) is 27.1 Å². The number of pyridine rings is 1. The first kappa shape index (κ1) is 17.5. The summed E-state index contributed by atoms with van der Waals surface area (Å²) in [6.07, 6.45) is 3.46. The van der Waals surface area contributed by atoms with Gasteiger partial charge in [-0.15, -0.1) is 0 Å². The fraction of sp³-hybridized carbons (Fsp3) is 0.368. The van der Waals surface area contributed by atoms with E-state index in [0.717, 1.165) is 37.3 Å². The smallest absolute Gasteiger partial charge is 0.242 e. The number of piperazine rings is 1. The lowest BCUT2D eigenvalue weighted by Crippen LogP contribution is -2.49. The van der Waals surface area contributed by atoms with Crippen molar-refractivity contribution < 1.29 is 9.18 Å². The van der Waals surface area contributed by atoms with Crippen LogP contribution in [-0.2, 0) is 11.3 Å². The van der Waals surface area contributed by atoms with E-state index in [0.29, 0.717) is 6.54 Å². The number of carbonyl (C=O) groups is 1. The summed E-state index contributed by atoms with van der Waals surface area (Å²) >= 11 is 0. The van der Waals surface area contributed by atoms with E-state index in [1.165, 1.54) is 12.1 Å². The van der Waals surface area contributed by atoms with Gasteiger partial charge in [0.05, 0.1) is 0 Å². The Hall–Kier alpha value is -2.31. The van der Waals surface area contributed by atoms with Crippen LogP contribution in [0.4, 0.5) is 4.39 Å². The van der Waals surface area contributed by atoms with Gasteiger partial charge in [-0.1, -0.05) is 18.2 Å². The van der Waals surface area contributed by atoms with Gasteiger partial charge < -0.3 is 10.2 Å². The van der Waals surface area contributed by atoms with Crippen LogP contribution in [0.25, 0.3) is 0 Å². The Morgan fingerprint density at radius 1 is 1.20 bits per heavy atom. The Morgan fingerprint density at radius 3 is 2.56 bits per heavy atom. The van der Waals surface area contributed by atoms with E-state index in [1.54, 1.807) is 24.5 Å². The summed E-state index contributed by atoms with van der Waals surface area (Å²) < 4.78 is 13.0. The number of nitrogens with zero attached hydrogens (tertiary/aromatic N) is 3. The molecule has 132 valence electrons. The van der Waals surface area contributed by atoms with Crippen LogP contribution in [0.5, 0.6) is 0 Å². The highest BCUT2D eigenvalue weighted by atomic mass is 19.1. The van der Waals surface area contributed by atoms with Gasteiger partial charge in [-0.3, -0.25) is 14.7 Å². The van der Waals surface area contributed by atoms with Gasteiger partial charge in [-0.25, -0.2) is 4.39 Å². The third-order valence-corrected chi connectivity index (χ3v) is 4.53. The minimum Gasteiger partial charge on any atom is -0.350 e. The lowest BCUT2D eigenvalue weighted by Gasteiger charge is -2.37. The van der Waals surface area contributed by atoms with Crippen molar-refractivity contribution >= 4 is 5.91 Å². The minimum absolute atomic E-state index is 0.0538. The summed E-state index contributed by atoms with van der Waals surface area (Å²) in [4.78, 5) is 21.5. The highest BCUT2D eigenvalue weighted by Gasteiger charge is 2.29. The normalized spacial score (nSPS) is 17.2. The summed E-state index contributed by atoms with van der Waals surface area (Å²) in [6, 6.07) is 9.61. The molecule has 6 heteroatoms. The van der Waals surface area contributed by atoms with Crippen LogP contribution in [0.15, 0.2) is 48.8 Å². The van der Waals surface area contributed by atoms with Crippen molar-refractivity contribution in [1.29, 1.82) is 0 Å². The third kappa shape index (κ3) is 4.61. The molecule has 2 aromatic rings. The van der Waals surface area contributed by atoms with Gasteiger partial charge >= 0.3 is 0 Å². The number of amides is 1. The minimum atomic E-state index is -0.358. The monoisotopic (exact) mass is 342 g/mol. The molecule has 2 heterocycles. The van der Waals surface area contributed by atoms with E-state index < -0.39 is 0 Å². The second-order valence-electron chi connectivity index (χ2n) is 6.37. The summed E-state index contributed by atoms with van der Waals surface area (Å²) in [6.45, 7) is 3.91. The second-order valence-corrected chi connectivity index (χ2v) is 6.37. The molecule has 1 amide bonds. The summed E-state index contributed by atoms with van der Waals surface area (Å²) in [5.41, 5.74) is 1.77. The maximum atomic E-state index is 13.0. The maximum Gasteiger partial charge on any atom is 0.242 e. The molecule has 0 aliphatic carbocycles. The van der Waals surface area contributed by atoms with E-state index in [9.17, 15) is 9.18 Å². The van der Waals surface area contributed by atoms with Crippen molar-refractivity contribution in [3.63, 3.8) is 0 Å². The van der Waals surface area contributed by atoms with Gasteiger partial charge in [-0.05, 0) is 36.4 Å². The standard InChI is InChI=1S/C19H23FN4O/c1-23-9-11-24(12-10-23)18(16-3-2-8-21-14-16)19(25)22-13-15-4-6-17(20)7-5-15/h2-8,14,18H,9-13H2,1H3,(H,22,25). The van der Waals surface area contributed by atoms with Crippen LogP contribution in [0.2, 0.25) is 0 Å². The number of hydrogen-bond donors (Lipinski definition) is 1. The quantitative estimate of drug-likeness (QED) is 0.901. The SMILES string of the molecule is CN1CCN(C(C(=O)NCc2ccc(F)cc2)c2cccnc2)CC1. The fourth-order valence-electron chi connectivity index (χ4n) is 3.03. The Balaban J connectivity index is 1.71. The summed E-state index contributed by atoms with van der Waals surface area (Å²) in [7, 11) is 2.09. The second kappa shape index (κ2) is 8.18. The van der Waals surface area contributed by atoms with Crippen molar-refractivity contribution in [3.8, 4) is 0 Å². The number of rotatable bonds is 5. The molecule has 5 nitrogen and oxygen atoms in total. The summed E-state index contributed by atoms with van der Waals surface area (Å²) in [5, 5.41) is 2.98. The first-order valence-electron chi connectivity index (χ1n) is 8.48.